The van der Waals surface area contributed by atoms with Crippen LogP contribution in [0.3, 0.4) is 0 Å². The average molecular weight is 389 g/mol. The molecule has 148 valence electrons. The summed E-state index contributed by atoms with van der Waals surface area (Å²) < 4.78 is 1.65. The largest absolute Gasteiger partial charge is 0.503 e. The van der Waals surface area contributed by atoms with Gasteiger partial charge in [0.05, 0.1) is 0 Å². The van der Waals surface area contributed by atoms with Crippen LogP contribution < -0.4 is 5.43 Å². The molecule has 0 spiro atoms. The lowest BCUT2D eigenvalue weighted by Gasteiger charge is -2.31. The van der Waals surface area contributed by atoms with Crippen molar-refractivity contribution in [2.75, 3.05) is 0 Å². The maximum absolute atomic E-state index is 11.9. The van der Waals surface area contributed by atoms with Crippen LogP contribution in [0, 0.1) is 0 Å². The highest BCUT2D eigenvalue weighted by Crippen LogP contribution is 2.43. The molecule has 3 aromatic rings. The average Bonchev–Trinajstić information content (AvgIpc) is 3.21. The Balaban J connectivity index is 1.69. The van der Waals surface area contributed by atoms with Crippen LogP contribution >= 0.6 is 0 Å². The van der Waals surface area contributed by atoms with Gasteiger partial charge in [0, 0.05) is 24.4 Å². The van der Waals surface area contributed by atoms with Crippen molar-refractivity contribution in [3.8, 4) is 16.9 Å². The molecule has 4 rings (SSSR count). The van der Waals surface area contributed by atoms with Crippen LogP contribution in [0.5, 0.6) is 5.75 Å². The number of aromatic nitrogens is 1. The monoisotopic (exact) mass is 389 g/mol. The summed E-state index contributed by atoms with van der Waals surface area (Å²) in [6, 6.07) is 18.7. The van der Waals surface area contributed by atoms with Gasteiger partial charge in [0.25, 0.3) is 0 Å². The third-order valence-electron chi connectivity index (χ3n) is 5.94. The minimum atomic E-state index is -1.33. The maximum Gasteiger partial charge on any atom is 0.341 e. The topological polar surface area (TPSA) is 79.5 Å². The molecule has 0 saturated heterocycles. The van der Waals surface area contributed by atoms with Crippen molar-refractivity contribution < 1.29 is 15.0 Å². The van der Waals surface area contributed by atoms with Crippen LogP contribution in [0.2, 0.25) is 0 Å². The zero-order chi connectivity index (χ0) is 20.4. The first-order valence-corrected chi connectivity index (χ1v) is 9.81. The van der Waals surface area contributed by atoms with E-state index in [1.807, 2.05) is 18.2 Å². The van der Waals surface area contributed by atoms with Gasteiger partial charge < -0.3 is 14.8 Å². The number of aromatic hydroxyl groups is 1. The number of pyridine rings is 1. The molecule has 5 heteroatoms. The van der Waals surface area contributed by atoms with Gasteiger partial charge in [0.15, 0.2) is 5.75 Å². The molecule has 2 N–H and O–H groups in total. The lowest BCUT2D eigenvalue weighted by atomic mass is 9.78. The summed E-state index contributed by atoms with van der Waals surface area (Å²) in [5, 5.41) is 19.2. The first-order valence-electron chi connectivity index (χ1n) is 9.81. The number of benzene rings is 2. The van der Waals surface area contributed by atoms with Crippen LogP contribution in [0.4, 0.5) is 0 Å². The number of carbonyl (C=O) groups is 1. The molecular formula is C24H23NO4. The Morgan fingerprint density at radius 1 is 0.931 bits per heavy atom. The molecule has 0 atom stereocenters. The fourth-order valence-electron chi connectivity index (χ4n) is 4.45. The SMILES string of the molecule is O=C(O)c1cn(CC2(c3ccc(-c4ccccc4)cc3)CCCC2)cc(O)c1=O. The van der Waals surface area contributed by atoms with Crippen molar-refractivity contribution in [3.05, 3.63) is 88.3 Å². The third-order valence-corrected chi connectivity index (χ3v) is 5.94. The van der Waals surface area contributed by atoms with E-state index in [-0.39, 0.29) is 5.41 Å². The van der Waals surface area contributed by atoms with Crippen LogP contribution in [0.15, 0.2) is 71.8 Å². The van der Waals surface area contributed by atoms with Gasteiger partial charge in [0.2, 0.25) is 5.43 Å². The fourth-order valence-corrected chi connectivity index (χ4v) is 4.45. The molecule has 1 aliphatic rings. The summed E-state index contributed by atoms with van der Waals surface area (Å²) >= 11 is 0. The van der Waals surface area contributed by atoms with E-state index in [9.17, 15) is 19.8 Å². The van der Waals surface area contributed by atoms with E-state index in [4.69, 9.17) is 0 Å². The molecular weight excluding hydrogens is 366 g/mol. The van der Waals surface area contributed by atoms with Gasteiger partial charge in [-0.3, -0.25) is 4.79 Å². The fraction of sp³-hybridized carbons (Fsp3) is 0.250. The van der Waals surface area contributed by atoms with Crippen LogP contribution in [0.25, 0.3) is 11.1 Å². The Labute approximate surface area is 168 Å². The van der Waals surface area contributed by atoms with Gasteiger partial charge in [0.1, 0.15) is 5.56 Å². The summed E-state index contributed by atoms with van der Waals surface area (Å²) in [7, 11) is 0. The minimum Gasteiger partial charge on any atom is -0.503 e. The normalized spacial score (nSPS) is 15.3. The van der Waals surface area contributed by atoms with Gasteiger partial charge in [-0.15, -0.1) is 0 Å². The van der Waals surface area contributed by atoms with Crippen molar-refractivity contribution in [3.63, 3.8) is 0 Å². The number of rotatable bonds is 5. The van der Waals surface area contributed by atoms with E-state index in [1.165, 1.54) is 18.0 Å². The molecule has 1 aromatic heterocycles. The van der Waals surface area contributed by atoms with Crippen molar-refractivity contribution in [1.29, 1.82) is 0 Å². The van der Waals surface area contributed by atoms with E-state index in [0.717, 1.165) is 36.8 Å². The van der Waals surface area contributed by atoms with Gasteiger partial charge in [-0.1, -0.05) is 67.4 Å². The molecule has 1 heterocycles. The predicted octanol–water partition coefficient (Wildman–Crippen LogP) is 4.43. The van der Waals surface area contributed by atoms with Crippen molar-refractivity contribution >= 4 is 5.97 Å². The maximum atomic E-state index is 11.9. The number of aromatic carboxylic acids is 1. The predicted molar refractivity (Wildman–Crippen MR) is 111 cm³/mol. The molecule has 1 aliphatic carbocycles. The van der Waals surface area contributed by atoms with Crippen molar-refractivity contribution in [2.24, 2.45) is 0 Å². The van der Waals surface area contributed by atoms with E-state index in [0.29, 0.717) is 6.54 Å². The van der Waals surface area contributed by atoms with Gasteiger partial charge in [-0.2, -0.15) is 0 Å². The zero-order valence-corrected chi connectivity index (χ0v) is 16.0. The molecule has 0 amide bonds. The van der Waals surface area contributed by atoms with E-state index in [2.05, 4.69) is 36.4 Å². The summed E-state index contributed by atoms with van der Waals surface area (Å²) in [4.78, 5) is 23.2. The first kappa shape index (κ1) is 19.0. The highest BCUT2D eigenvalue weighted by Gasteiger charge is 2.36. The number of nitrogens with zero attached hydrogens (tertiary/aromatic N) is 1. The summed E-state index contributed by atoms with van der Waals surface area (Å²) in [6.45, 7) is 0.520. The third kappa shape index (κ3) is 3.68. The minimum absolute atomic E-state index is 0.146. The highest BCUT2D eigenvalue weighted by atomic mass is 16.4. The zero-order valence-electron chi connectivity index (χ0n) is 16.0. The lowest BCUT2D eigenvalue weighted by molar-refractivity contribution is 0.0693. The summed E-state index contributed by atoms with van der Waals surface area (Å²) in [5.41, 5.74) is 2.11. The van der Waals surface area contributed by atoms with E-state index in [1.54, 1.807) is 4.57 Å². The van der Waals surface area contributed by atoms with E-state index >= 15 is 0 Å². The number of carboxylic acid groups (broad SMARTS) is 1. The Morgan fingerprint density at radius 2 is 1.55 bits per heavy atom. The number of hydrogen-bond donors (Lipinski definition) is 2. The highest BCUT2D eigenvalue weighted by molar-refractivity contribution is 5.87. The standard InChI is InChI=1S/C24H23NO4/c26-21-15-25(14-20(22(21)27)23(28)29)16-24(12-4-5-13-24)19-10-8-18(9-11-19)17-6-2-1-3-7-17/h1-3,6-11,14-15,26H,4-5,12-13,16H2,(H,28,29). The quantitative estimate of drug-likeness (QED) is 0.676. The molecule has 5 nitrogen and oxygen atoms in total. The Morgan fingerprint density at radius 3 is 2.17 bits per heavy atom. The second kappa shape index (κ2) is 7.59. The number of carboxylic acids is 1. The lowest BCUT2D eigenvalue weighted by Crippen LogP contribution is -2.29. The second-order valence-corrected chi connectivity index (χ2v) is 7.79. The van der Waals surface area contributed by atoms with Crippen molar-refractivity contribution in [1.82, 2.24) is 4.57 Å². The Kier molecular flexibility index (Phi) is 4.97. The molecule has 0 bridgehead atoms. The smallest absolute Gasteiger partial charge is 0.341 e. The van der Waals surface area contributed by atoms with Crippen LogP contribution in [0.1, 0.15) is 41.6 Å². The van der Waals surface area contributed by atoms with Crippen LogP contribution in [-0.2, 0) is 12.0 Å². The molecule has 1 fully saturated rings. The molecule has 0 unspecified atom stereocenters. The molecule has 1 saturated carbocycles. The van der Waals surface area contributed by atoms with Gasteiger partial charge in [-0.25, -0.2) is 4.79 Å². The van der Waals surface area contributed by atoms with Crippen LogP contribution in [-0.4, -0.2) is 20.7 Å². The van der Waals surface area contributed by atoms with E-state index < -0.39 is 22.7 Å². The molecule has 0 radical (unpaired) electrons. The molecule has 2 aromatic carbocycles. The Hall–Kier alpha value is -3.34. The van der Waals surface area contributed by atoms with Gasteiger partial charge >= 0.3 is 5.97 Å². The number of hydrogen-bond acceptors (Lipinski definition) is 3. The summed E-state index contributed by atoms with van der Waals surface area (Å²) in [5.74, 6) is -1.86. The first-order chi connectivity index (χ1) is 14.0. The van der Waals surface area contributed by atoms with Crippen molar-refractivity contribution in [2.45, 2.75) is 37.6 Å². The molecule has 0 aliphatic heterocycles. The van der Waals surface area contributed by atoms with Gasteiger partial charge in [-0.05, 0) is 29.5 Å². The summed E-state index contributed by atoms with van der Waals surface area (Å²) in [6.07, 6.45) is 6.83. The molecule has 29 heavy (non-hydrogen) atoms. The Bertz CT molecular complexity index is 1080. The second-order valence-electron chi connectivity index (χ2n) is 7.79.